The van der Waals surface area contributed by atoms with Gasteiger partial charge in [0.2, 0.25) is 0 Å². The molecule has 5 heteroatoms. The van der Waals surface area contributed by atoms with Gasteiger partial charge < -0.3 is 5.32 Å². The van der Waals surface area contributed by atoms with Crippen LogP contribution in [0.3, 0.4) is 0 Å². The molecule has 15 heavy (non-hydrogen) atoms. The summed E-state index contributed by atoms with van der Waals surface area (Å²) in [5.74, 6) is 0.278. The largest absolute Gasteiger partial charge is 0.348 e. The van der Waals surface area contributed by atoms with Gasteiger partial charge in [0.15, 0.2) is 0 Å². The molecule has 3 nitrogen and oxygen atoms in total. The summed E-state index contributed by atoms with van der Waals surface area (Å²) in [5.41, 5.74) is 0.535. The van der Waals surface area contributed by atoms with Crippen molar-refractivity contribution in [3.8, 4) is 0 Å². The lowest BCUT2D eigenvalue weighted by Crippen LogP contribution is -2.35. The van der Waals surface area contributed by atoms with Crippen molar-refractivity contribution >= 4 is 33.4 Å². The number of alkyl halides is 1. The zero-order valence-electron chi connectivity index (χ0n) is 8.34. The molecule has 1 rings (SSSR count). The van der Waals surface area contributed by atoms with Gasteiger partial charge in [-0.1, -0.05) is 6.92 Å². The molecule has 0 aliphatic carbocycles. The van der Waals surface area contributed by atoms with Gasteiger partial charge in [0.05, 0.1) is 5.56 Å². The van der Waals surface area contributed by atoms with Crippen LogP contribution in [0.15, 0.2) is 22.9 Å². The molecular formula is C10H12BrClN2O. The van der Waals surface area contributed by atoms with E-state index in [0.29, 0.717) is 11.4 Å². The summed E-state index contributed by atoms with van der Waals surface area (Å²) in [6, 6.07) is 1.74. The average Bonchev–Trinajstić information content (AvgIpc) is 2.25. The molecule has 0 fully saturated rings. The van der Waals surface area contributed by atoms with Gasteiger partial charge >= 0.3 is 0 Å². The van der Waals surface area contributed by atoms with Crippen molar-refractivity contribution in [2.75, 3.05) is 5.88 Å². The Hall–Kier alpha value is -0.610. The monoisotopic (exact) mass is 290 g/mol. The predicted octanol–water partition coefficient (Wildman–Crippen LogP) is 2.59. The van der Waals surface area contributed by atoms with Crippen LogP contribution in [-0.2, 0) is 0 Å². The van der Waals surface area contributed by atoms with Crippen molar-refractivity contribution in [3.63, 3.8) is 0 Å². The van der Waals surface area contributed by atoms with E-state index in [1.165, 1.54) is 6.20 Å². The van der Waals surface area contributed by atoms with Crippen LogP contribution in [0.2, 0.25) is 0 Å². The van der Waals surface area contributed by atoms with Crippen LogP contribution in [0.4, 0.5) is 0 Å². The van der Waals surface area contributed by atoms with E-state index >= 15 is 0 Å². The Kier molecular flexibility index (Phi) is 5.05. The Balaban J connectivity index is 2.68. The van der Waals surface area contributed by atoms with Crippen LogP contribution in [0.1, 0.15) is 23.7 Å². The second-order valence-corrected chi connectivity index (χ2v) is 4.35. The quantitative estimate of drug-likeness (QED) is 0.867. The van der Waals surface area contributed by atoms with Crippen molar-refractivity contribution in [1.82, 2.24) is 10.3 Å². The van der Waals surface area contributed by atoms with Gasteiger partial charge in [-0.05, 0) is 28.4 Å². The van der Waals surface area contributed by atoms with Crippen LogP contribution >= 0.6 is 27.5 Å². The number of nitrogens with one attached hydrogen (secondary N) is 1. The third-order valence-corrected chi connectivity index (χ3v) is 2.79. The highest BCUT2D eigenvalue weighted by Gasteiger charge is 2.11. The molecule has 0 aliphatic heterocycles. The number of carbonyl (C=O) groups excluding carboxylic acids is 1. The van der Waals surface area contributed by atoms with E-state index in [2.05, 4.69) is 26.2 Å². The van der Waals surface area contributed by atoms with E-state index in [1.54, 1.807) is 12.3 Å². The normalized spacial score (nSPS) is 12.2. The van der Waals surface area contributed by atoms with E-state index in [1.807, 2.05) is 6.92 Å². The molecule has 82 valence electrons. The number of hydrogen-bond acceptors (Lipinski definition) is 2. The molecule has 1 heterocycles. The maximum absolute atomic E-state index is 11.7. The lowest BCUT2D eigenvalue weighted by Gasteiger charge is -2.13. The summed E-state index contributed by atoms with van der Waals surface area (Å²) in [5, 5.41) is 2.83. The van der Waals surface area contributed by atoms with E-state index in [9.17, 15) is 4.79 Å². The molecule has 0 aliphatic rings. The number of amides is 1. The Morgan fingerprint density at radius 3 is 2.93 bits per heavy atom. The Labute approximate surface area is 102 Å². The maximum Gasteiger partial charge on any atom is 0.253 e. The third-order valence-electron chi connectivity index (χ3n) is 1.98. The number of aromatic nitrogens is 1. The van der Waals surface area contributed by atoms with Gasteiger partial charge in [-0.25, -0.2) is 0 Å². The molecule has 0 saturated heterocycles. The minimum Gasteiger partial charge on any atom is -0.348 e. The van der Waals surface area contributed by atoms with Crippen LogP contribution < -0.4 is 5.32 Å². The number of pyridine rings is 1. The van der Waals surface area contributed by atoms with Gasteiger partial charge in [-0.2, -0.15) is 0 Å². The molecule has 0 radical (unpaired) electrons. The fraction of sp³-hybridized carbons (Fsp3) is 0.400. The van der Waals surface area contributed by atoms with E-state index in [-0.39, 0.29) is 11.9 Å². The second kappa shape index (κ2) is 6.08. The molecule has 0 aromatic carbocycles. The van der Waals surface area contributed by atoms with Crippen molar-refractivity contribution in [2.45, 2.75) is 19.4 Å². The minimum atomic E-state index is -0.142. The molecule has 1 aromatic rings. The van der Waals surface area contributed by atoms with Gasteiger partial charge in [0, 0.05) is 28.8 Å². The fourth-order valence-corrected chi connectivity index (χ4v) is 1.71. The Morgan fingerprint density at radius 2 is 2.40 bits per heavy atom. The van der Waals surface area contributed by atoms with E-state index in [0.717, 1.165) is 10.9 Å². The van der Waals surface area contributed by atoms with Gasteiger partial charge in [0.25, 0.3) is 5.91 Å². The van der Waals surface area contributed by atoms with Crippen molar-refractivity contribution < 1.29 is 4.79 Å². The van der Waals surface area contributed by atoms with Gasteiger partial charge in [0.1, 0.15) is 0 Å². The summed E-state index contributed by atoms with van der Waals surface area (Å²) in [4.78, 5) is 15.6. The molecule has 0 bridgehead atoms. The Morgan fingerprint density at radius 1 is 1.67 bits per heavy atom. The van der Waals surface area contributed by atoms with Gasteiger partial charge in [-0.15, -0.1) is 11.6 Å². The SMILES string of the molecule is CCC(CCl)NC(=O)c1cncc(Br)c1. The first kappa shape index (κ1) is 12.5. The first-order valence-corrected chi connectivity index (χ1v) is 5.97. The summed E-state index contributed by atoms with van der Waals surface area (Å²) in [6.07, 6.45) is 3.98. The van der Waals surface area contributed by atoms with Crippen LogP contribution in [-0.4, -0.2) is 22.8 Å². The lowest BCUT2D eigenvalue weighted by atomic mass is 10.2. The third kappa shape index (κ3) is 3.80. The smallest absolute Gasteiger partial charge is 0.253 e. The molecule has 0 spiro atoms. The highest BCUT2D eigenvalue weighted by molar-refractivity contribution is 9.10. The number of hydrogen-bond donors (Lipinski definition) is 1. The maximum atomic E-state index is 11.7. The summed E-state index contributed by atoms with van der Waals surface area (Å²) in [7, 11) is 0. The zero-order chi connectivity index (χ0) is 11.3. The van der Waals surface area contributed by atoms with Gasteiger partial charge in [-0.3, -0.25) is 9.78 Å². The molecule has 1 aromatic heterocycles. The molecule has 1 N–H and O–H groups in total. The Bertz CT molecular complexity index is 342. The molecule has 1 unspecified atom stereocenters. The predicted molar refractivity (Wildman–Crippen MR) is 64.2 cm³/mol. The number of rotatable bonds is 4. The molecule has 1 atom stereocenters. The zero-order valence-corrected chi connectivity index (χ0v) is 10.7. The van der Waals surface area contributed by atoms with E-state index in [4.69, 9.17) is 11.6 Å². The summed E-state index contributed by atoms with van der Waals surface area (Å²) < 4.78 is 0.786. The minimum absolute atomic E-state index is 0.0122. The number of carbonyl (C=O) groups is 1. The molecule has 1 amide bonds. The summed E-state index contributed by atoms with van der Waals surface area (Å²) in [6.45, 7) is 1.98. The highest BCUT2D eigenvalue weighted by atomic mass is 79.9. The molecular weight excluding hydrogens is 279 g/mol. The molecule has 0 saturated carbocycles. The van der Waals surface area contributed by atoms with Crippen molar-refractivity contribution in [2.24, 2.45) is 0 Å². The summed E-state index contributed by atoms with van der Waals surface area (Å²) >= 11 is 8.95. The van der Waals surface area contributed by atoms with Crippen molar-refractivity contribution in [3.05, 3.63) is 28.5 Å². The second-order valence-electron chi connectivity index (χ2n) is 3.12. The lowest BCUT2D eigenvalue weighted by molar-refractivity contribution is 0.0939. The van der Waals surface area contributed by atoms with Crippen molar-refractivity contribution in [1.29, 1.82) is 0 Å². The van der Waals surface area contributed by atoms with Crippen LogP contribution in [0.25, 0.3) is 0 Å². The average molecular weight is 292 g/mol. The highest BCUT2D eigenvalue weighted by Crippen LogP contribution is 2.09. The fourth-order valence-electron chi connectivity index (χ4n) is 1.05. The first-order valence-electron chi connectivity index (χ1n) is 4.64. The van der Waals surface area contributed by atoms with E-state index < -0.39 is 0 Å². The number of nitrogens with zero attached hydrogens (tertiary/aromatic N) is 1. The van der Waals surface area contributed by atoms with Crippen LogP contribution in [0, 0.1) is 0 Å². The standard InChI is InChI=1S/C10H12BrClN2O/c1-2-9(4-12)14-10(15)7-3-8(11)6-13-5-7/h3,5-6,9H,2,4H2,1H3,(H,14,15). The topological polar surface area (TPSA) is 42.0 Å². The first-order chi connectivity index (χ1) is 7.17. The number of halogens is 2. The van der Waals surface area contributed by atoms with Crippen LogP contribution in [0.5, 0.6) is 0 Å².